The molecule has 0 spiro atoms. The molecule has 3 aromatic rings. The number of aromatic hydroxyl groups is 1. The van der Waals surface area contributed by atoms with Gasteiger partial charge in [-0.05, 0) is 17.7 Å². The Morgan fingerprint density at radius 1 is 1.15 bits per heavy atom. The van der Waals surface area contributed by atoms with E-state index in [9.17, 15) is 20.4 Å². The molecule has 1 saturated heterocycles. The number of aromatic nitrogens is 4. The normalized spacial score (nSPS) is 25.1. The third-order valence-electron chi connectivity index (χ3n) is 4.52. The minimum absolute atomic E-state index is 0.177. The standard InChI is InChI=1S/C17H19N5O5/c23-6-11-13(25)14(26)17(27-11)22-8-21-12-15(19-7-20-16(12)22)18-5-9-2-1-3-10(24)4-9/h1-4,7-8,11,13-14,17,23-26H,5-6H2,(H,18,19,20)/t11-,13?,14+,17-/m1/s1. The molecule has 10 nitrogen and oxygen atoms in total. The van der Waals surface area contributed by atoms with Crippen molar-refractivity contribution in [3.63, 3.8) is 0 Å². The van der Waals surface area contributed by atoms with Crippen molar-refractivity contribution in [1.29, 1.82) is 0 Å². The SMILES string of the molecule is OC[C@H]1O[C@@H](n2cnc3c(NCc4cccc(O)c4)ncnc32)[C@@H](O)C1O. The van der Waals surface area contributed by atoms with E-state index in [-0.39, 0.29) is 5.75 Å². The summed E-state index contributed by atoms with van der Waals surface area (Å²) >= 11 is 0. The Morgan fingerprint density at radius 2 is 2.00 bits per heavy atom. The Kier molecular flexibility index (Phi) is 4.62. The highest BCUT2D eigenvalue weighted by molar-refractivity contribution is 5.82. The van der Waals surface area contributed by atoms with Gasteiger partial charge in [0.25, 0.3) is 0 Å². The summed E-state index contributed by atoms with van der Waals surface area (Å²) in [4.78, 5) is 12.7. The molecule has 3 heterocycles. The van der Waals surface area contributed by atoms with E-state index in [2.05, 4.69) is 20.3 Å². The Morgan fingerprint density at radius 3 is 2.74 bits per heavy atom. The molecule has 4 atom stereocenters. The maximum Gasteiger partial charge on any atom is 0.167 e. The zero-order valence-electron chi connectivity index (χ0n) is 14.2. The van der Waals surface area contributed by atoms with E-state index < -0.39 is 31.1 Å². The van der Waals surface area contributed by atoms with Crippen LogP contribution in [0.2, 0.25) is 0 Å². The first-order chi connectivity index (χ1) is 13.1. The van der Waals surface area contributed by atoms with Gasteiger partial charge in [-0.15, -0.1) is 0 Å². The van der Waals surface area contributed by atoms with Crippen LogP contribution in [0.3, 0.4) is 0 Å². The van der Waals surface area contributed by atoms with Crippen LogP contribution in [0.25, 0.3) is 11.2 Å². The smallest absolute Gasteiger partial charge is 0.167 e. The molecule has 27 heavy (non-hydrogen) atoms. The number of nitrogens with one attached hydrogen (secondary N) is 1. The Hall–Kier alpha value is -2.79. The lowest BCUT2D eigenvalue weighted by molar-refractivity contribution is -0.0511. The van der Waals surface area contributed by atoms with E-state index in [1.807, 2.05) is 6.07 Å². The van der Waals surface area contributed by atoms with Gasteiger partial charge in [0, 0.05) is 6.54 Å². The zero-order valence-corrected chi connectivity index (χ0v) is 14.2. The average Bonchev–Trinajstić information content (AvgIpc) is 3.22. The zero-order chi connectivity index (χ0) is 19.0. The number of anilines is 1. The van der Waals surface area contributed by atoms with Crippen LogP contribution in [0, 0.1) is 0 Å². The van der Waals surface area contributed by atoms with Gasteiger partial charge in [-0.25, -0.2) is 15.0 Å². The average molecular weight is 373 g/mol. The summed E-state index contributed by atoms with van der Waals surface area (Å²) in [5.74, 6) is 0.657. The predicted octanol–water partition coefficient (Wildman–Crippen LogP) is -0.245. The number of hydrogen-bond donors (Lipinski definition) is 5. The van der Waals surface area contributed by atoms with Gasteiger partial charge in [-0.1, -0.05) is 12.1 Å². The molecule has 0 radical (unpaired) electrons. The van der Waals surface area contributed by atoms with Crippen LogP contribution in [0.5, 0.6) is 5.75 Å². The summed E-state index contributed by atoms with van der Waals surface area (Å²) in [6.07, 6.45) is -1.43. The first kappa shape index (κ1) is 17.6. The fraction of sp³-hybridized carbons (Fsp3) is 0.353. The molecule has 1 aromatic carbocycles. The lowest BCUT2D eigenvalue weighted by Crippen LogP contribution is -2.33. The highest BCUT2D eigenvalue weighted by Gasteiger charge is 2.44. The summed E-state index contributed by atoms with van der Waals surface area (Å²) in [5, 5.41) is 42.1. The fourth-order valence-electron chi connectivity index (χ4n) is 3.13. The van der Waals surface area contributed by atoms with Crippen LogP contribution in [-0.2, 0) is 11.3 Å². The number of phenolic OH excluding ortho intramolecular Hbond substituents is 1. The van der Waals surface area contributed by atoms with Crippen molar-refractivity contribution in [3.05, 3.63) is 42.5 Å². The number of phenols is 1. The first-order valence-corrected chi connectivity index (χ1v) is 8.40. The predicted molar refractivity (Wildman–Crippen MR) is 93.8 cm³/mol. The van der Waals surface area contributed by atoms with Gasteiger partial charge in [-0.2, -0.15) is 0 Å². The van der Waals surface area contributed by atoms with Crippen molar-refractivity contribution in [1.82, 2.24) is 19.5 Å². The quantitative estimate of drug-likeness (QED) is 0.409. The Balaban J connectivity index is 1.60. The first-order valence-electron chi connectivity index (χ1n) is 8.40. The van der Waals surface area contributed by atoms with Crippen LogP contribution < -0.4 is 5.32 Å². The van der Waals surface area contributed by atoms with Crippen LogP contribution >= 0.6 is 0 Å². The van der Waals surface area contributed by atoms with E-state index in [0.29, 0.717) is 23.5 Å². The number of rotatable bonds is 5. The van der Waals surface area contributed by atoms with E-state index in [0.717, 1.165) is 5.56 Å². The van der Waals surface area contributed by atoms with E-state index >= 15 is 0 Å². The summed E-state index contributed by atoms with van der Waals surface area (Å²) in [6, 6.07) is 6.85. The van der Waals surface area contributed by atoms with Gasteiger partial charge in [0.15, 0.2) is 23.2 Å². The molecular formula is C17H19N5O5. The summed E-state index contributed by atoms with van der Waals surface area (Å²) < 4.78 is 7.03. The van der Waals surface area contributed by atoms with Gasteiger partial charge >= 0.3 is 0 Å². The highest BCUT2D eigenvalue weighted by atomic mass is 16.6. The molecule has 0 amide bonds. The van der Waals surface area contributed by atoms with Gasteiger partial charge < -0.3 is 30.5 Å². The number of imidazole rings is 1. The van der Waals surface area contributed by atoms with Crippen LogP contribution in [0.1, 0.15) is 11.8 Å². The molecule has 1 aliphatic heterocycles. The largest absolute Gasteiger partial charge is 0.508 e. The van der Waals surface area contributed by atoms with E-state index in [1.54, 1.807) is 18.2 Å². The third kappa shape index (κ3) is 3.19. The minimum Gasteiger partial charge on any atom is -0.508 e. The summed E-state index contributed by atoms with van der Waals surface area (Å²) in [6.45, 7) is 0.00823. The number of aliphatic hydroxyl groups excluding tert-OH is 3. The molecule has 1 aliphatic rings. The van der Waals surface area contributed by atoms with Gasteiger partial charge in [0.05, 0.1) is 12.9 Å². The number of hydrogen-bond acceptors (Lipinski definition) is 9. The minimum atomic E-state index is -1.22. The Bertz CT molecular complexity index is 948. The van der Waals surface area contributed by atoms with Crippen LogP contribution in [0.4, 0.5) is 5.82 Å². The lowest BCUT2D eigenvalue weighted by atomic mass is 10.1. The van der Waals surface area contributed by atoms with E-state index in [4.69, 9.17) is 4.74 Å². The molecule has 1 fully saturated rings. The van der Waals surface area contributed by atoms with Gasteiger partial charge in [0.2, 0.25) is 0 Å². The molecule has 0 bridgehead atoms. The number of ether oxygens (including phenoxy) is 1. The summed E-state index contributed by atoms with van der Waals surface area (Å²) in [5.41, 5.74) is 1.75. The molecule has 5 N–H and O–H groups in total. The third-order valence-corrected chi connectivity index (χ3v) is 4.52. The topological polar surface area (TPSA) is 146 Å². The molecule has 4 rings (SSSR count). The number of aliphatic hydroxyl groups is 3. The van der Waals surface area contributed by atoms with Crippen molar-refractivity contribution in [3.8, 4) is 5.75 Å². The number of benzene rings is 1. The van der Waals surface area contributed by atoms with Crippen LogP contribution in [-0.4, -0.2) is 64.9 Å². The molecule has 10 heteroatoms. The summed E-state index contributed by atoms with van der Waals surface area (Å²) in [7, 11) is 0. The van der Waals surface area contributed by atoms with Gasteiger partial charge in [0.1, 0.15) is 30.4 Å². The van der Waals surface area contributed by atoms with Crippen molar-refractivity contribution >= 4 is 17.0 Å². The molecule has 0 saturated carbocycles. The Labute approximate surface area is 153 Å². The lowest BCUT2D eigenvalue weighted by Gasteiger charge is -2.16. The molecule has 1 unspecified atom stereocenters. The fourth-order valence-corrected chi connectivity index (χ4v) is 3.13. The second kappa shape index (κ2) is 7.08. The maximum atomic E-state index is 10.2. The number of fused-ring (bicyclic) bond motifs is 1. The van der Waals surface area contributed by atoms with Gasteiger partial charge in [-0.3, -0.25) is 4.57 Å². The monoisotopic (exact) mass is 373 g/mol. The van der Waals surface area contributed by atoms with Crippen molar-refractivity contribution in [2.24, 2.45) is 0 Å². The number of nitrogens with zero attached hydrogens (tertiary/aromatic N) is 4. The van der Waals surface area contributed by atoms with Crippen molar-refractivity contribution < 1.29 is 25.2 Å². The van der Waals surface area contributed by atoms with Crippen molar-refractivity contribution in [2.75, 3.05) is 11.9 Å². The van der Waals surface area contributed by atoms with Crippen molar-refractivity contribution in [2.45, 2.75) is 31.1 Å². The van der Waals surface area contributed by atoms with Crippen LogP contribution in [0.15, 0.2) is 36.9 Å². The maximum absolute atomic E-state index is 10.2. The molecular weight excluding hydrogens is 354 g/mol. The second-order valence-corrected chi connectivity index (χ2v) is 6.30. The highest BCUT2D eigenvalue weighted by Crippen LogP contribution is 2.32. The van der Waals surface area contributed by atoms with E-state index in [1.165, 1.54) is 17.2 Å². The molecule has 0 aliphatic carbocycles. The second-order valence-electron chi connectivity index (χ2n) is 6.30. The molecule has 2 aromatic heterocycles. The molecule has 142 valence electrons.